The smallest absolute Gasteiger partial charge is 0.335 e. The van der Waals surface area contributed by atoms with Crippen LogP contribution < -0.4 is 5.32 Å². The van der Waals surface area contributed by atoms with Crippen LogP contribution >= 0.6 is 11.6 Å². The fourth-order valence-electron chi connectivity index (χ4n) is 1.59. The summed E-state index contributed by atoms with van der Waals surface area (Å²) < 4.78 is 4.86. The van der Waals surface area contributed by atoms with E-state index in [4.69, 9.17) is 26.7 Å². The third-order valence-electron chi connectivity index (χ3n) is 2.72. The number of nitriles is 1. The molecular weight excluding hydrogens is 308 g/mol. The Morgan fingerprint density at radius 3 is 2.77 bits per heavy atom. The molecule has 116 valence electrons. The maximum absolute atomic E-state index is 11.8. The molecular formula is C15H15ClN2O4. The van der Waals surface area contributed by atoms with Crippen LogP contribution in [0.2, 0.25) is 5.02 Å². The molecule has 6 nitrogen and oxygen atoms in total. The summed E-state index contributed by atoms with van der Waals surface area (Å²) in [6.07, 6.45) is 1.95. The zero-order valence-electron chi connectivity index (χ0n) is 11.9. The highest BCUT2D eigenvalue weighted by atomic mass is 35.5. The fraction of sp³-hybridized carbons (Fsp3) is 0.267. The summed E-state index contributed by atoms with van der Waals surface area (Å²) in [5.74, 6) is -1.62. The predicted octanol–water partition coefficient (Wildman–Crippen LogP) is 2.10. The second kappa shape index (κ2) is 8.82. The number of benzene rings is 1. The zero-order valence-corrected chi connectivity index (χ0v) is 12.7. The van der Waals surface area contributed by atoms with Gasteiger partial charge in [-0.25, -0.2) is 4.79 Å². The average molecular weight is 323 g/mol. The van der Waals surface area contributed by atoms with Crippen molar-refractivity contribution in [1.82, 2.24) is 5.32 Å². The molecule has 0 aromatic heterocycles. The molecule has 22 heavy (non-hydrogen) atoms. The Morgan fingerprint density at radius 2 is 2.23 bits per heavy atom. The van der Waals surface area contributed by atoms with Gasteiger partial charge in [0, 0.05) is 25.3 Å². The van der Waals surface area contributed by atoms with Crippen LogP contribution in [0.4, 0.5) is 0 Å². The van der Waals surface area contributed by atoms with E-state index in [2.05, 4.69) is 5.32 Å². The Hall–Kier alpha value is -2.36. The van der Waals surface area contributed by atoms with Crippen LogP contribution in [0.1, 0.15) is 22.3 Å². The first-order valence-electron chi connectivity index (χ1n) is 6.41. The van der Waals surface area contributed by atoms with Crippen LogP contribution in [0.15, 0.2) is 23.8 Å². The summed E-state index contributed by atoms with van der Waals surface area (Å²) >= 11 is 5.96. The Labute approximate surface area is 133 Å². The lowest BCUT2D eigenvalue weighted by molar-refractivity contribution is -0.117. The number of carboxylic acid groups (broad SMARTS) is 1. The topological polar surface area (TPSA) is 99.4 Å². The average Bonchev–Trinajstić information content (AvgIpc) is 2.50. The molecule has 0 fully saturated rings. The van der Waals surface area contributed by atoms with Crippen LogP contribution in [-0.2, 0) is 9.53 Å². The first-order valence-corrected chi connectivity index (χ1v) is 6.79. The minimum absolute atomic E-state index is 0.0321. The van der Waals surface area contributed by atoms with E-state index in [0.717, 1.165) is 0 Å². The SMILES string of the molecule is COCCCNC(=O)C(C#N)=Cc1ccc(C(=O)O)cc1Cl. The van der Waals surface area contributed by atoms with Gasteiger partial charge in [0.1, 0.15) is 11.6 Å². The van der Waals surface area contributed by atoms with Crippen molar-refractivity contribution >= 4 is 29.6 Å². The first kappa shape index (κ1) is 17.7. The third-order valence-corrected chi connectivity index (χ3v) is 3.05. The molecule has 0 heterocycles. The number of carbonyl (C=O) groups is 2. The maximum atomic E-state index is 11.8. The highest BCUT2D eigenvalue weighted by Crippen LogP contribution is 2.20. The van der Waals surface area contributed by atoms with Gasteiger partial charge in [0.15, 0.2) is 0 Å². The molecule has 0 aliphatic rings. The summed E-state index contributed by atoms with van der Waals surface area (Å²) in [6.45, 7) is 0.895. The van der Waals surface area contributed by atoms with Crippen LogP contribution in [0.25, 0.3) is 6.08 Å². The summed E-state index contributed by atoms with van der Waals surface area (Å²) in [4.78, 5) is 22.7. The lowest BCUT2D eigenvalue weighted by Gasteiger charge is -2.05. The van der Waals surface area contributed by atoms with Crippen molar-refractivity contribution in [2.24, 2.45) is 0 Å². The van der Waals surface area contributed by atoms with Gasteiger partial charge < -0.3 is 15.2 Å². The lowest BCUT2D eigenvalue weighted by Crippen LogP contribution is -2.26. The van der Waals surface area contributed by atoms with E-state index < -0.39 is 11.9 Å². The van der Waals surface area contributed by atoms with Crippen LogP contribution in [-0.4, -0.2) is 37.2 Å². The number of carbonyl (C=O) groups excluding carboxylic acids is 1. The van der Waals surface area contributed by atoms with Gasteiger partial charge in [0.2, 0.25) is 0 Å². The molecule has 1 aromatic rings. The molecule has 0 unspecified atom stereocenters. The largest absolute Gasteiger partial charge is 0.478 e. The van der Waals surface area contributed by atoms with Crippen molar-refractivity contribution in [3.05, 3.63) is 39.9 Å². The summed E-state index contributed by atoms with van der Waals surface area (Å²) in [5.41, 5.74) is 0.322. The highest BCUT2D eigenvalue weighted by Gasteiger charge is 2.11. The quantitative estimate of drug-likeness (QED) is 0.455. The number of nitrogens with one attached hydrogen (secondary N) is 1. The van der Waals surface area contributed by atoms with Crippen molar-refractivity contribution in [3.8, 4) is 6.07 Å². The van der Waals surface area contributed by atoms with Gasteiger partial charge in [-0.3, -0.25) is 4.79 Å². The predicted molar refractivity (Wildman–Crippen MR) is 81.5 cm³/mol. The van der Waals surface area contributed by atoms with Crippen molar-refractivity contribution in [1.29, 1.82) is 5.26 Å². The van der Waals surface area contributed by atoms with Gasteiger partial charge in [-0.1, -0.05) is 17.7 Å². The molecule has 0 atom stereocenters. The summed E-state index contributed by atoms with van der Waals surface area (Å²) in [7, 11) is 1.56. The van der Waals surface area contributed by atoms with Crippen LogP contribution in [0.5, 0.6) is 0 Å². The van der Waals surface area contributed by atoms with Crippen molar-refractivity contribution in [2.45, 2.75) is 6.42 Å². The van der Waals surface area contributed by atoms with Gasteiger partial charge in [0.25, 0.3) is 5.91 Å². The number of halogens is 1. The van der Waals surface area contributed by atoms with E-state index in [1.165, 1.54) is 24.3 Å². The Kier molecular flexibility index (Phi) is 7.09. The van der Waals surface area contributed by atoms with Gasteiger partial charge in [-0.2, -0.15) is 5.26 Å². The molecule has 0 aliphatic carbocycles. The summed E-state index contributed by atoms with van der Waals surface area (Å²) in [5, 5.41) is 20.7. The van der Waals surface area contributed by atoms with Crippen molar-refractivity contribution in [3.63, 3.8) is 0 Å². The number of hydrogen-bond acceptors (Lipinski definition) is 4. The highest BCUT2D eigenvalue weighted by molar-refractivity contribution is 6.32. The summed E-state index contributed by atoms with van der Waals surface area (Å²) in [6, 6.07) is 5.86. The number of rotatable bonds is 7. The second-order valence-corrected chi connectivity index (χ2v) is 4.72. The number of ether oxygens (including phenoxy) is 1. The Balaban J connectivity index is 2.86. The van der Waals surface area contributed by atoms with Gasteiger partial charge >= 0.3 is 5.97 Å². The number of aromatic carboxylic acids is 1. The zero-order chi connectivity index (χ0) is 16.5. The van der Waals surface area contributed by atoms with Crippen LogP contribution in [0, 0.1) is 11.3 Å². The number of hydrogen-bond donors (Lipinski definition) is 2. The minimum Gasteiger partial charge on any atom is -0.478 e. The standard InChI is InChI=1S/C15H15ClN2O4/c1-22-6-2-5-18-14(19)12(9-17)7-10-3-4-11(15(20)21)8-13(10)16/h3-4,7-8H,2,5-6H2,1H3,(H,18,19)(H,20,21). The van der Waals surface area contributed by atoms with E-state index in [1.54, 1.807) is 13.2 Å². The van der Waals surface area contributed by atoms with Crippen LogP contribution in [0.3, 0.4) is 0 Å². The number of amides is 1. The molecule has 0 saturated heterocycles. The number of methoxy groups -OCH3 is 1. The Morgan fingerprint density at radius 1 is 1.50 bits per heavy atom. The molecule has 0 saturated carbocycles. The van der Waals surface area contributed by atoms with E-state index in [0.29, 0.717) is 25.1 Å². The molecule has 1 amide bonds. The first-order chi connectivity index (χ1) is 10.5. The minimum atomic E-state index is -1.10. The second-order valence-electron chi connectivity index (χ2n) is 4.31. The fourth-order valence-corrected chi connectivity index (χ4v) is 1.83. The van der Waals surface area contributed by atoms with E-state index in [-0.39, 0.29) is 16.2 Å². The molecule has 1 aromatic carbocycles. The molecule has 0 bridgehead atoms. The molecule has 7 heteroatoms. The number of nitrogens with zero attached hydrogens (tertiary/aromatic N) is 1. The number of carboxylic acids is 1. The van der Waals surface area contributed by atoms with Gasteiger partial charge in [-0.05, 0) is 30.2 Å². The normalized spacial score (nSPS) is 10.9. The van der Waals surface area contributed by atoms with Crippen molar-refractivity contribution < 1.29 is 19.4 Å². The van der Waals surface area contributed by atoms with E-state index in [1.807, 2.05) is 0 Å². The van der Waals surface area contributed by atoms with E-state index >= 15 is 0 Å². The van der Waals surface area contributed by atoms with Gasteiger partial charge in [0.05, 0.1) is 5.56 Å². The lowest BCUT2D eigenvalue weighted by atomic mass is 10.1. The molecule has 0 aliphatic heterocycles. The molecule has 0 spiro atoms. The Bertz CT molecular complexity index is 635. The van der Waals surface area contributed by atoms with Gasteiger partial charge in [-0.15, -0.1) is 0 Å². The maximum Gasteiger partial charge on any atom is 0.335 e. The molecule has 2 N–H and O–H groups in total. The third kappa shape index (κ3) is 5.20. The van der Waals surface area contributed by atoms with E-state index in [9.17, 15) is 9.59 Å². The monoisotopic (exact) mass is 322 g/mol. The molecule has 0 radical (unpaired) electrons. The van der Waals surface area contributed by atoms with Crippen molar-refractivity contribution in [2.75, 3.05) is 20.3 Å². The molecule has 1 rings (SSSR count).